The van der Waals surface area contributed by atoms with E-state index in [1.807, 2.05) is 0 Å². The summed E-state index contributed by atoms with van der Waals surface area (Å²) in [6, 6.07) is 0. The van der Waals surface area contributed by atoms with Crippen molar-refractivity contribution in [1.29, 1.82) is 0 Å². The number of hydrogen-bond acceptors (Lipinski definition) is 8. The van der Waals surface area contributed by atoms with Gasteiger partial charge in [0, 0.05) is 0 Å². The topological polar surface area (TPSA) is 150 Å². The molecule has 10 heteroatoms. The predicted molar refractivity (Wildman–Crippen MR) is 24.7 cm³/mol. The molecule has 0 aliphatic heterocycles. The molecule has 8 nitrogen and oxygen atoms in total. The molecular formula is C4H4K2O8. The van der Waals surface area contributed by atoms with E-state index >= 15 is 0 Å². The molecule has 0 saturated heterocycles. The van der Waals surface area contributed by atoms with Crippen LogP contribution in [0.1, 0.15) is 0 Å². The van der Waals surface area contributed by atoms with Crippen LogP contribution in [0.25, 0.3) is 0 Å². The Morgan fingerprint density at radius 2 is 1.64 bits per heavy atom. The van der Waals surface area contributed by atoms with Crippen LogP contribution in [-0.2, 0) is 14.5 Å². The molecule has 14 heavy (non-hydrogen) atoms. The van der Waals surface area contributed by atoms with Crippen LogP contribution < -0.4 is 113 Å². The van der Waals surface area contributed by atoms with E-state index in [2.05, 4.69) is 4.89 Å². The smallest absolute Gasteiger partial charge is 0.547 e. The van der Waals surface area contributed by atoms with E-state index in [-0.39, 0.29) is 103 Å². The van der Waals surface area contributed by atoms with Gasteiger partial charge < -0.3 is 30.0 Å². The van der Waals surface area contributed by atoms with Crippen LogP contribution >= 0.6 is 0 Å². The third kappa shape index (κ3) is 5.40. The summed E-state index contributed by atoms with van der Waals surface area (Å²) in [5.74, 6) is -8.57. The van der Waals surface area contributed by atoms with Gasteiger partial charge in [-0.05, 0) is 0 Å². The molecule has 0 aliphatic carbocycles. The van der Waals surface area contributed by atoms with Gasteiger partial charge in [-0.2, -0.15) is 4.89 Å². The first-order valence-corrected chi connectivity index (χ1v) is 2.51. The monoisotopic (exact) mass is 258 g/mol. The minimum Gasteiger partial charge on any atom is -0.547 e. The van der Waals surface area contributed by atoms with Crippen LogP contribution in [0.15, 0.2) is 0 Å². The van der Waals surface area contributed by atoms with Gasteiger partial charge >= 0.3 is 103 Å². The Labute approximate surface area is 163 Å². The van der Waals surface area contributed by atoms with E-state index in [1.165, 1.54) is 0 Å². The number of carboxylic acid groups (broad SMARTS) is 2. The molecule has 0 aromatic rings. The van der Waals surface area contributed by atoms with Crippen LogP contribution in [0.3, 0.4) is 0 Å². The van der Waals surface area contributed by atoms with Crippen molar-refractivity contribution in [1.82, 2.24) is 0 Å². The Morgan fingerprint density at radius 1 is 1.29 bits per heavy atom. The van der Waals surface area contributed by atoms with Crippen LogP contribution in [-0.4, -0.2) is 39.3 Å². The Hall–Kier alpha value is 2.05. The maximum Gasteiger partial charge on any atom is 1.00 e. The molecule has 0 rings (SSSR count). The SMILES string of the molecule is O=C([O-])C(O)C(O)(OO)C(=O)[O-].[K+].[K+]. The van der Waals surface area contributed by atoms with Gasteiger partial charge in [-0.25, -0.2) is 5.26 Å². The molecule has 0 heterocycles. The van der Waals surface area contributed by atoms with Crippen molar-refractivity contribution >= 4 is 11.9 Å². The summed E-state index contributed by atoms with van der Waals surface area (Å²) in [6.45, 7) is 0. The molecule has 2 atom stereocenters. The predicted octanol–water partition coefficient (Wildman–Crippen LogP) is -11.0. The Kier molecular flexibility index (Phi) is 13.9. The van der Waals surface area contributed by atoms with E-state index < -0.39 is 23.8 Å². The molecule has 2 unspecified atom stereocenters. The summed E-state index contributed by atoms with van der Waals surface area (Å²) >= 11 is 0. The van der Waals surface area contributed by atoms with E-state index in [0.717, 1.165) is 0 Å². The number of carboxylic acids is 2. The fourth-order valence-electron chi connectivity index (χ4n) is 0.359. The quantitative estimate of drug-likeness (QED) is 0.195. The summed E-state index contributed by atoms with van der Waals surface area (Å²) in [4.78, 5) is 22.6. The third-order valence-electron chi connectivity index (χ3n) is 1.03. The molecule has 0 bridgehead atoms. The van der Waals surface area contributed by atoms with E-state index in [4.69, 9.17) is 15.5 Å². The molecule has 0 aliphatic rings. The average Bonchev–Trinajstić information content (AvgIpc) is 2.01. The molecule has 0 fully saturated rings. The number of carbonyl (C=O) groups is 2. The van der Waals surface area contributed by atoms with Crippen LogP contribution in [0.4, 0.5) is 0 Å². The van der Waals surface area contributed by atoms with Gasteiger partial charge in [-0.15, -0.1) is 0 Å². The molecule has 3 N–H and O–H groups in total. The Bertz CT molecular complexity index is 208. The maximum atomic E-state index is 9.90. The fourth-order valence-corrected chi connectivity index (χ4v) is 0.359. The first-order valence-electron chi connectivity index (χ1n) is 2.51. The van der Waals surface area contributed by atoms with Crippen molar-refractivity contribution in [2.45, 2.75) is 11.9 Å². The number of hydrogen-bond donors (Lipinski definition) is 3. The van der Waals surface area contributed by atoms with E-state index in [0.29, 0.717) is 0 Å². The van der Waals surface area contributed by atoms with Crippen LogP contribution in [0.5, 0.6) is 0 Å². The molecule has 0 aromatic carbocycles. The van der Waals surface area contributed by atoms with Gasteiger partial charge in [-0.3, -0.25) is 0 Å². The zero-order valence-electron chi connectivity index (χ0n) is 7.46. The molecular weight excluding hydrogens is 254 g/mol. The van der Waals surface area contributed by atoms with E-state index in [9.17, 15) is 19.8 Å². The van der Waals surface area contributed by atoms with Crippen molar-refractivity contribution in [2.24, 2.45) is 0 Å². The molecule has 0 saturated carbocycles. The van der Waals surface area contributed by atoms with Crippen molar-refractivity contribution < 1.29 is 143 Å². The molecule has 0 spiro atoms. The van der Waals surface area contributed by atoms with Crippen molar-refractivity contribution in [3.63, 3.8) is 0 Å². The number of rotatable bonds is 4. The van der Waals surface area contributed by atoms with Gasteiger partial charge in [0.25, 0.3) is 5.79 Å². The summed E-state index contributed by atoms with van der Waals surface area (Å²) in [7, 11) is 0. The van der Waals surface area contributed by atoms with Crippen LogP contribution in [0, 0.1) is 0 Å². The fraction of sp³-hybridized carbons (Fsp3) is 0.500. The first-order chi connectivity index (χ1) is 5.36. The molecule has 0 amide bonds. The van der Waals surface area contributed by atoms with Gasteiger partial charge in [0.15, 0.2) is 6.10 Å². The average molecular weight is 258 g/mol. The minimum absolute atomic E-state index is 0. The number of carbonyl (C=O) groups excluding carboxylic acids is 2. The third-order valence-corrected chi connectivity index (χ3v) is 1.03. The number of aliphatic carboxylic acids is 2. The van der Waals surface area contributed by atoms with Gasteiger partial charge in [0.1, 0.15) is 5.97 Å². The number of aliphatic hydroxyl groups excluding tert-OH is 1. The zero-order chi connectivity index (χ0) is 9.94. The normalized spacial score (nSPS) is 15.4. The van der Waals surface area contributed by atoms with Gasteiger partial charge in [0.05, 0.1) is 5.97 Å². The summed E-state index contributed by atoms with van der Waals surface area (Å²) in [5, 5.41) is 44.4. The second kappa shape index (κ2) is 9.12. The van der Waals surface area contributed by atoms with Crippen molar-refractivity contribution in [3.05, 3.63) is 0 Å². The number of aliphatic hydroxyl groups is 2. The Balaban J connectivity index is -0.000000605. The minimum atomic E-state index is -3.72. The second-order valence-electron chi connectivity index (χ2n) is 1.80. The standard InChI is InChI=1S/C4H6O8.2K/c5-1(2(6)7)4(10,12-11)3(8)9;;/h1,5,10-11H,(H,6,7)(H,8,9);;/q;2*+1/p-2. The molecule has 0 aromatic heterocycles. The zero-order valence-corrected chi connectivity index (χ0v) is 13.7. The molecule has 70 valence electrons. The van der Waals surface area contributed by atoms with Gasteiger partial charge in [0.2, 0.25) is 0 Å². The second-order valence-corrected chi connectivity index (χ2v) is 1.80. The van der Waals surface area contributed by atoms with Crippen LogP contribution in [0.2, 0.25) is 0 Å². The summed E-state index contributed by atoms with van der Waals surface area (Å²) in [6.07, 6.45) is -2.95. The van der Waals surface area contributed by atoms with Crippen molar-refractivity contribution in [3.8, 4) is 0 Å². The van der Waals surface area contributed by atoms with Gasteiger partial charge in [-0.1, -0.05) is 0 Å². The summed E-state index contributed by atoms with van der Waals surface area (Å²) in [5.41, 5.74) is 0. The largest absolute Gasteiger partial charge is 1.00 e. The maximum absolute atomic E-state index is 9.90. The first kappa shape index (κ1) is 21.3. The van der Waals surface area contributed by atoms with Crippen molar-refractivity contribution in [2.75, 3.05) is 0 Å². The Morgan fingerprint density at radius 3 is 1.71 bits per heavy atom. The molecule has 0 radical (unpaired) electrons. The van der Waals surface area contributed by atoms with E-state index in [1.54, 1.807) is 0 Å². The summed E-state index contributed by atoms with van der Waals surface area (Å²) < 4.78 is 0.